The number of alkyl halides is 3. The number of hydrogen-bond donors (Lipinski definition) is 1. The van der Waals surface area contributed by atoms with Gasteiger partial charge in [-0.2, -0.15) is 0 Å². The molecule has 1 aromatic rings. The van der Waals surface area contributed by atoms with Gasteiger partial charge in [0, 0.05) is 9.77 Å². The number of hydrogen-bond acceptors (Lipinski definition) is 2. The van der Waals surface area contributed by atoms with Crippen molar-refractivity contribution in [3.05, 3.63) is 21.0 Å². The lowest BCUT2D eigenvalue weighted by molar-refractivity contribution is 0.146. The van der Waals surface area contributed by atoms with E-state index < -0.39 is 17.7 Å². The molecule has 2 nitrogen and oxygen atoms in total. The van der Waals surface area contributed by atoms with Crippen molar-refractivity contribution in [3.8, 4) is 5.75 Å². The van der Waals surface area contributed by atoms with Crippen LogP contribution in [-0.2, 0) is 5.88 Å². The molecule has 0 saturated carbocycles. The first-order valence-electron chi connectivity index (χ1n) is 3.28. The third-order valence-corrected chi connectivity index (χ3v) is 2.58. The van der Waals surface area contributed by atoms with Crippen LogP contribution < -0.4 is 0 Å². The van der Waals surface area contributed by atoms with Gasteiger partial charge < -0.3 is 5.11 Å². The largest absolute Gasteiger partial charge is 0.505 e. The van der Waals surface area contributed by atoms with Gasteiger partial charge in [-0.25, -0.2) is 8.78 Å². The monoisotopic (exact) mass is 319 g/mol. The summed E-state index contributed by atoms with van der Waals surface area (Å²) in [7, 11) is 0. The fourth-order valence-electron chi connectivity index (χ4n) is 0.839. The molecule has 0 unspecified atom stereocenters. The van der Waals surface area contributed by atoms with Gasteiger partial charge >= 0.3 is 0 Å². The van der Waals surface area contributed by atoms with Crippen LogP contribution in [0.2, 0.25) is 0 Å². The summed E-state index contributed by atoms with van der Waals surface area (Å²) in [4.78, 5) is 3.72. The quantitative estimate of drug-likeness (QED) is 0.671. The Morgan fingerprint density at radius 1 is 1.62 bits per heavy atom. The molecule has 1 rings (SSSR count). The summed E-state index contributed by atoms with van der Waals surface area (Å²) in [5.74, 6) is -0.584. The Kier molecular flexibility index (Phi) is 3.66. The van der Waals surface area contributed by atoms with E-state index in [0.717, 1.165) is 0 Å². The van der Waals surface area contributed by atoms with Crippen LogP contribution >= 0.6 is 34.2 Å². The standard InChI is InChI=1S/C7H5ClF2INO/c8-1-4-6(13)5(7(9)10)3(11)2-12-4/h2,7,13H,1H2. The van der Waals surface area contributed by atoms with Crippen LogP contribution in [0.3, 0.4) is 0 Å². The third-order valence-electron chi connectivity index (χ3n) is 1.46. The van der Waals surface area contributed by atoms with Gasteiger partial charge in [0.2, 0.25) is 0 Å². The molecule has 6 heteroatoms. The number of nitrogens with zero attached hydrogens (tertiary/aromatic N) is 1. The van der Waals surface area contributed by atoms with Crippen molar-refractivity contribution < 1.29 is 13.9 Å². The van der Waals surface area contributed by atoms with Gasteiger partial charge in [-0.1, -0.05) is 0 Å². The molecule has 0 radical (unpaired) electrons. The topological polar surface area (TPSA) is 33.1 Å². The van der Waals surface area contributed by atoms with Gasteiger partial charge in [-0.05, 0) is 22.6 Å². The van der Waals surface area contributed by atoms with E-state index >= 15 is 0 Å². The van der Waals surface area contributed by atoms with Gasteiger partial charge in [-0.3, -0.25) is 4.98 Å². The first kappa shape index (κ1) is 10.9. The Hall–Kier alpha value is -0.170. The zero-order valence-electron chi connectivity index (χ0n) is 6.27. The van der Waals surface area contributed by atoms with Gasteiger partial charge in [0.25, 0.3) is 6.43 Å². The van der Waals surface area contributed by atoms with Gasteiger partial charge in [0.15, 0.2) is 0 Å². The highest BCUT2D eigenvalue weighted by atomic mass is 127. The molecule has 0 atom stereocenters. The van der Waals surface area contributed by atoms with Crippen LogP contribution in [0.15, 0.2) is 6.20 Å². The van der Waals surface area contributed by atoms with Crippen LogP contribution in [-0.4, -0.2) is 10.1 Å². The fraction of sp³-hybridized carbons (Fsp3) is 0.286. The molecule has 0 aliphatic carbocycles. The molecule has 1 N–H and O–H groups in total. The fourth-order valence-corrected chi connectivity index (χ4v) is 1.66. The molecule has 0 aliphatic heterocycles. The minimum Gasteiger partial charge on any atom is -0.505 e. The van der Waals surface area contributed by atoms with Gasteiger partial charge in [-0.15, -0.1) is 11.6 Å². The van der Waals surface area contributed by atoms with Crippen LogP contribution in [0.25, 0.3) is 0 Å². The normalized spacial score (nSPS) is 10.8. The molecule has 0 bridgehead atoms. The molecule has 72 valence electrons. The summed E-state index contributed by atoms with van der Waals surface area (Å²) in [6, 6.07) is 0. The Morgan fingerprint density at radius 3 is 2.69 bits per heavy atom. The average Bonchev–Trinajstić information content (AvgIpc) is 2.04. The molecular weight excluding hydrogens is 314 g/mol. The number of halogens is 4. The highest BCUT2D eigenvalue weighted by molar-refractivity contribution is 14.1. The lowest BCUT2D eigenvalue weighted by atomic mass is 10.2. The Morgan fingerprint density at radius 2 is 2.23 bits per heavy atom. The van der Waals surface area contributed by atoms with Crippen molar-refractivity contribution >= 4 is 34.2 Å². The smallest absolute Gasteiger partial charge is 0.268 e. The van der Waals surface area contributed by atoms with Crippen molar-refractivity contribution in [2.45, 2.75) is 12.3 Å². The lowest BCUT2D eigenvalue weighted by Gasteiger charge is -2.08. The lowest BCUT2D eigenvalue weighted by Crippen LogP contribution is -1.96. The second-order valence-electron chi connectivity index (χ2n) is 2.25. The van der Waals surface area contributed by atoms with Crippen LogP contribution in [0, 0.1) is 3.57 Å². The second kappa shape index (κ2) is 4.36. The van der Waals surface area contributed by atoms with Crippen LogP contribution in [0.1, 0.15) is 17.7 Å². The Balaban J connectivity index is 3.30. The highest BCUT2D eigenvalue weighted by Crippen LogP contribution is 2.34. The Labute approximate surface area is 92.1 Å². The maximum Gasteiger partial charge on any atom is 0.268 e. The summed E-state index contributed by atoms with van der Waals surface area (Å²) in [6.45, 7) is 0. The summed E-state index contributed by atoms with van der Waals surface area (Å²) >= 11 is 7.08. The van der Waals surface area contributed by atoms with E-state index in [-0.39, 0.29) is 15.1 Å². The Bertz CT molecular complexity index is 322. The van der Waals surface area contributed by atoms with E-state index in [0.29, 0.717) is 0 Å². The molecule has 0 spiro atoms. The zero-order chi connectivity index (χ0) is 10.0. The maximum atomic E-state index is 12.4. The van der Waals surface area contributed by atoms with E-state index in [9.17, 15) is 13.9 Å². The number of aromatic hydroxyl groups is 1. The molecule has 0 amide bonds. The number of pyridine rings is 1. The molecule has 0 fully saturated rings. The van der Waals surface area contributed by atoms with Gasteiger partial charge in [0.1, 0.15) is 5.75 Å². The van der Waals surface area contributed by atoms with Crippen molar-refractivity contribution in [2.24, 2.45) is 0 Å². The van der Waals surface area contributed by atoms with Crippen molar-refractivity contribution in [1.82, 2.24) is 4.98 Å². The summed E-state index contributed by atoms with van der Waals surface area (Å²) < 4.78 is 25.0. The maximum absolute atomic E-state index is 12.4. The summed E-state index contributed by atoms with van der Waals surface area (Å²) in [6.07, 6.45) is -1.45. The van der Waals surface area contributed by atoms with E-state index in [1.165, 1.54) is 6.20 Å². The summed E-state index contributed by atoms with van der Waals surface area (Å²) in [5, 5.41) is 9.31. The first-order chi connectivity index (χ1) is 6.07. The molecule has 1 aromatic heterocycles. The number of aromatic nitrogens is 1. The zero-order valence-corrected chi connectivity index (χ0v) is 9.18. The molecule has 1 heterocycles. The highest BCUT2D eigenvalue weighted by Gasteiger charge is 2.19. The summed E-state index contributed by atoms with van der Waals surface area (Å²) in [5.41, 5.74) is -0.316. The van der Waals surface area contributed by atoms with E-state index in [1.54, 1.807) is 22.6 Å². The van der Waals surface area contributed by atoms with Crippen molar-refractivity contribution in [1.29, 1.82) is 0 Å². The predicted octanol–water partition coefficient (Wildman–Crippen LogP) is 3.07. The molecule has 0 aromatic carbocycles. The van der Waals surface area contributed by atoms with E-state index in [4.69, 9.17) is 11.6 Å². The van der Waals surface area contributed by atoms with Gasteiger partial charge in [0.05, 0.1) is 17.1 Å². The van der Waals surface area contributed by atoms with Crippen molar-refractivity contribution in [3.63, 3.8) is 0 Å². The van der Waals surface area contributed by atoms with Crippen LogP contribution in [0.4, 0.5) is 8.78 Å². The van der Waals surface area contributed by atoms with E-state index in [1.807, 2.05) is 0 Å². The SMILES string of the molecule is Oc1c(CCl)ncc(I)c1C(F)F. The van der Waals surface area contributed by atoms with Crippen LogP contribution in [0.5, 0.6) is 5.75 Å². The molecule has 0 saturated heterocycles. The predicted molar refractivity (Wildman–Crippen MR) is 53.1 cm³/mol. The van der Waals surface area contributed by atoms with Crippen molar-refractivity contribution in [2.75, 3.05) is 0 Å². The first-order valence-corrected chi connectivity index (χ1v) is 4.89. The number of rotatable bonds is 2. The minimum atomic E-state index is -2.71. The molecular formula is C7H5ClF2INO. The second-order valence-corrected chi connectivity index (χ2v) is 3.68. The average molecular weight is 319 g/mol. The third kappa shape index (κ3) is 2.19. The molecule has 0 aliphatic rings. The minimum absolute atomic E-state index is 0.0809. The molecule has 13 heavy (non-hydrogen) atoms. The van der Waals surface area contributed by atoms with E-state index in [2.05, 4.69) is 4.98 Å².